The van der Waals surface area contributed by atoms with Gasteiger partial charge in [-0.1, -0.05) is 39.3 Å². The molecule has 162 valence electrons. The highest BCUT2D eigenvalue weighted by molar-refractivity contribution is 9.10. The SMILES string of the molecule is C.COc1cc(Br)cc(B2OC(C)(C)C(C)(C)O2)c1.COc1cc(Br)cc(C#N)c1. The van der Waals surface area contributed by atoms with Gasteiger partial charge in [-0.15, -0.1) is 0 Å². The molecule has 0 N–H and O–H groups in total. The molecule has 0 spiro atoms. The number of benzene rings is 2. The van der Waals surface area contributed by atoms with E-state index >= 15 is 0 Å². The molecule has 0 saturated carbocycles. The minimum atomic E-state index is -0.360. The number of nitrogens with zero attached hydrogens (tertiary/aromatic N) is 1. The van der Waals surface area contributed by atoms with E-state index in [9.17, 15) is 0 Å². The second kappa shape index (κ2) is 10.7. The van der Waals surface area contributed by atoms with E-state index in [2.05, 4.69) is 31.9 Å². The molecule has 1 heterocycles. The summed E-state index contributed by atoms with van der Waals surface area (Å²) in [6.07, 6.45) is 0. The molecule has 8 heteroatoms. The monoisotopic (exact) mass is 539 g/mol. The quantitative estimate of drug-likeness (QED) is 0.466. The van der Waals surface area contributed by atoms with Crippen molar-refractivity contribution in [2.75, 3.05) is 14.2 Å². The lowest BCUT2D eigenvalue weighted by molar-refractivity contribution is 0.00578. The zero-order valence-corrected chi connectivity index (χ0v) is 20.5. The Morgan fingerprint density at radius 1 is 0.833 bits per heavy atom. The third-order valence-electron chi connectivity index (χ3n) is 4.89. The Morgan fingerprint density at radius 2 is 1.30 bits per heavy atom. The van der Waals surface area contributed by atoms with Gasteiger partial charge in [-0.3, -0.25) is 0 Å². The first-order chi connectivity index (χ1) is 13.5. The van der Waals surface area contributed by atoms with Gasteiger partial charge >= 0.3 is 7.12 Å². The predicted octanol–water partition coefficient (Wildman–Crippen LogP) is 5.72. The molecule has 1 aliphatic rings. The molecule has 2 aromatic rings. The summed E-state index contributed by atoms with van der Waals surface area (Å²) < 4.78 is 24.0. The summed E-state index contributed by atoms with van der Waals surface area (Å²) in [5, 5.41) is 8.56. The highest BCUT2D eigenvalue weighted by atomic mass is 79.9. The Hall–Kier alpha value is -1.53. The lowest BCUT2D eigenvalue weighted by atomic mass is 9.79. The fraction of sp³-hybridized carbons (Fsp3) is 0.409. The largest absolute Gasteiger partial charge is 0.497 e. The lowest BCUT2D eigenvalue weighted by Gasteiger charge is -2.32. The molecule has 0 bridgehead atoms. The molecule has 1 aliphatic heterocycles. The van der Waals surface area contributed by atoms with E-state index in [4.69, 9.17) is 24.0 Å². The normalized spacial score (nSPS) is 15.9. The second-order valence-corrected chi connectivity index (χ2v) is 9.34. The third-order valence-corrected chi connectivity index (χ3v) is 5.81. The molecule has 0 aromatic heterocycles. The van der Waals surface area contributed by atoms with Crippen LogP contribution in [0.1, 0.15) is 40.7 Å². The van der Waals surface area contributed by atoms with Crippen LogP contribution in [-0.2, 0) is 9.31 Å². The van der Waals surface area contributed by atoms with Crippen molar-refractivity contribution in [3.05, 3.63) is 50.9 Å². The van der Waals surface area contributed by atoms with Crippen molar-refractivity contribution >= 4 is 44.4 Å². The van der Waals surface area contributed by atoms with Gasteiger partial charge in [0.15, 0.2) is 0 Å². The molecule has 30 heavy (non-hydrogen) atoms. The van der Waals surface area contributed by atoms with Crippen molar-refractivity contribution in [1.82, 2.24) is 0 Å². The zero-order chi connectivity index (χ0) is 21.8. The van der Waals surface area contributed by atoms with E-state index in [1.54, 1.807) is 32.4 Å². The number of methoxy groups -OCH3 is 2. The first kappa shape index (κ1) is 26.5. The molecule has 0 atom stereocenters. The van der Waals surface area contributed by atoms with Crippen LogP contribution in [0.2, 0.25) is 0 Å². The number of nitriles is 1. The number of hydrogen-bond acceptors (Lipinski definition) is 5. The molecular formula is C22H28BBr2NO4. The van der Waals surface area contributed by atoms with Crippen LogP contribution in [0.15, 0.2) is 45.3 Å². The number of rotatable bonds is 3. The van der Waals surface area contributed by atoms with E-state index < -0.39 is 0 Å². The van der Waals surface area contributed by atoms with Gasteiger partial charge < -0.3 is 18.8 Å². The summed E-state index contributed by atoms with van der Waals surface area (Å²) in [4.78, 5) is 0. The third kappa shape index (κ3) is 6.48. The zero-order valence-electron chi connectivity index (χ0n) is 17.4. The topological polar surface area (TPSA) is 60.7 Å². The number of halogens is 2. The smallest absolute Gasteiger partial charge is 0.495 e. The fourth-order valence-electron chi connectivity index (χ4n) is 2.56. The first-order valence-electron chi connectivity index (χ1n) is 8.96. The molecular weight excluding hydrogens is 513 g/mol. The van der Waals surface area contributed by atoms with Crippen LogP contribution in [-0.4, -0.2) is 32.5 Å². The average molecular weight is 541 g/mol. The van der Waals surface area contributed by atoms with Gasteiger partial charge in [0.05, 0.1) is 37.1 Å². The van der Waals surface area contributed by atoms with Crippen molar-refractivity contribution in [2.45, 2.75) is 46.3 Å². The minimum absolute atomic E-state index is 0. The van der Waals surface area contributed by atoms with Crippen LogP contribution in [0, 0.1) is 11.3 Å². The van der Waals surface area contributed by atoms with Gasteiger partial charge in [0, 0.05) is 8.95 Å². The number of hydrogen-bond donors (Lipinski definition) is 0. The molecule has 1 saturated heterocycles. The van der Waals surface area contributed by atoms with E-state index in [0.717, 1.165) is 20.2 Å². The van der Waals surface area contributed by atoms with Crippen molar-refractivity contribution in [3.63, 3.8) is 0 Å². The molecule has 3 rings (SSSR count). The van der Waals surface area contributed by atoms with Gasteiger partial charge in [-0.05, 0) is 69.6 Å². The molecule has 0 aliphatic carbocycles. The minimum Gasteiger partial charge on any atom is -0.497 e. The molecule has 5 nitrogen and oxygen atoms in total. The maximum atomic E-state index is 8.56. The summed E-state index contributed by atoms with van der Waals surface area (Å²) in [7, 11) is 2.86. The summed E-state index contributed by atoms with van der Waals surface area (Å²) >= 11 is 6.73. The van der Waals surface area contributed by atoms with Crippen LogP contribution >= 0.6 is 31.9 Å². The summed E-state index contributed by atoms with van der Waals surface area (Å²) in [6.45, 7) is 8.18. The fourth-order valence-corrected chi connectivity index (χ4v) is 3.52. The maximum absolute atomic E-state index is 8.56. The molecule has 0 unspecified atom stereocenters. The van der Waals surface area contributed by atoms with Crippen molar-refractivity contribution < 1.29 is 18.8 Å². The van der Waals surface area contributed by atoms with Gasteiger partial charge in [0.2, 0.25) is 0 Å². The summed E-state index contributed by atoms with van der Waals surface area (Å²) in [5.74, 6) is 1.48. The highest BCUT2D eigenvalue weighted by Crippen LogP contribution is 2.36. The predicted molar refractivity (Wildman–Crippen MR) is 129 cm³/mol. The van der Waals surface area contributed by atoms with Crippen molar-refractivity contribution in [1.29, 1.82) is 5.26 Å². The Balaban J connectivity index is 0.000000324. The molecule has 2 aromatic carbocycles. The van der Waals surface area contributed by atoms with Crippen LogP contribution in [0.3, 0.4) is 0 Å². The Kier molecular flexibility index (Phi) is 9.43. The highest BCUT2D eigenvalue weighted by Gasteiger charge is 2.51. The van der Waals surface area contributed by atoms with Crippen LogP contribution in [0.4, 0.5) is 0 Å². The van der Waals surface area contributed by atoms with E-state index in [0.29, 0.717) is 11.3 Å². The second-order valence-electron chi connectivity index (χ2n) is 7.50. The van der Waals surface area contributed by atoms with Crippen molar-refractivity contribution in [3.8, 4) is 17.6 Å². The lowest BCUT2D eigenvalue weighted by Crippen LogP contribution is -2.41. The number of ether oxygens (including phenoxy) is 2. The standard InChI is InChI=1S/C13H18BBrO3.C8H6BrNO.CH4/c1-12(2)13(3,4)18-14(17-12)9-6-10(15)8-11(7-9)16-5;1-11-8-3-6(5-10)2-7(9)4-8;/h6-8H,1-5H3;2-4H,1H3;1H4. The van der Waals surface area contributed by atoms with E-state index in [-0.39, 0.29) is 25.7 Å². The summed E-state index contributed by atoms with van der Waals surface area (Å²) in [6, 6.07) is 13.1. The van der Waals surface area contributed by atoms with Gasteiger partial charge in [-0.25, -0.2) is 0 Å². The van der Waals surface area contributed by atoms with Gasteiger partial charge in [0.1, 0.15) is 11.5 Å². The van der Waals surface area contributed by atoms with Crippen LogP contribution < -0.4 is 14.9 Å². The van der Waals surface area contributed by atoms with E-state index in [1.165, 1.54) is 0 Å². The first-order valence-corrected chi connectivity index (χ1v) is 10.5. The van der Waals surface area contributed by atoms with Gasteiger partial charge in [-0.2, -0.15) is 5.26 Å². The average Bonchev–Trinajstić information content (AvgIpc) is 2.88. The Morgan fingerprint density at radius 3 is 1.77 bits per heavy atom. The molecule has 1 fully saturated rings. The molecule has 0 radical (unpaired) electrons. The maximum Gasteiger partial charge on any atom is 0.495 e. The molecule has 0 amide bonds. The van der Waals surface area contributed by atoms with Gasteiger partial charge in [0.25, 0.3) is 0 Å². The Bertz CT molecular complexity index is 896. The summed E-state index contributed by atoms with van der Waals surface area (Å²) in [5.41, 5.74) is 0.900. The van der Waals surface area contributed by atoms with E-state index in [1.807, 2.05) is 52.0 Å². The van der Waals surface area contributed by atoms with Crippen LogP contribution in [0.25, 0.3) is 0 Å². The van der Waals surface area contributed by atoms with Crippen LogP contribution in [0.5, 0.6) is 11.5 Å². The Labute approximate surface area is 197 Å². The van der Waals surface area contributed by atoms with Crippen molar-refractivity contribution in [2.24, 2.45) is 0 Å².